The van der Waals surface area contributed by atoms with Gasteiger partial charge in [-0.1, -0.05) is 0 Å². The first kappa shape index (κ1) is 18.5. The fraction of sp³-hybridized carbons (Fsp3) is 1.00. The first-order chi connectivity index (χ1) is 7.88. The van der Waals surface area contributed by atoms with Crippen molar-refractivity contribution in [1.29, 1.82) is 0 Å². The highest BCUT2D eigenvalue weighted by molar-refractivity contribution is 5.85. The van der Waals surface area contributed by atoms with E-state index in [9.17, 15) is 0 Å². The zero-order valence-corrected chi connectivity index (χ0v) is 12.9. The Morgan fingerprint density at radius 3 is 2.44 bits per heavy atom. The van der Waals surface area contributed by atoms with E-state index in [1.165, 1.54) is 64.8 Å². The number of rotatable bonds is 4. The van der Waals surface area contributed by atoms with Crippen molar-refractivity contribution in [1.82, 2.24) is 10.2 Å². The molecule has 2 fully saturated rings. The van der Waals surface area contributed by atoms with Crippen molar-refractivity contribution in [2.24, 2.45) is 17.6 Å². The van der Waals surface area contributed by atoms with Crippen LogP contribution in [0.25, 0.3) is 0 Å². The van der Waals surface area contributed by atoms with Crippen LogP contribution in [0.5, 0.6) is 0 Å². The lowest BCUT2D eigenvalue weighted by molar-refractivity contribution is 0.137. The van der Waals surface area contributed by atoms with Gasteiger partial charge in [0.25, 0.3) is 0 Å². The van der Waals surface area contributed by atoms with Crippen molar-refractivity contribution in [3.05, 3.63) is 0 Å². The zero-order valence-electron chi connectivity index (χ0n) is 11.3. The number of likely N-dealkylation sites (tertiary alicyclic amines) is 1. The number of hydrogen-bond acceptors (Lipinski definition) is 3. The minimum Gasteiger partial charge on any atom is -0.330 e. The molecular weight excluding hydrogens is 269 g/mol. The molecule has 2 rings (SSSR count). The van der Waals surface area contributed by atoms with E-state index in [1.54, 1.807) is 0 Å². The summed E-state index contributed by atoms with van der Waals surface area (Å²) in [6.45, 7) is 7.29. The van der Waals surface area contributed by atoms with Crippen LogP contribution in [0, 0.1) is 11.8 Å². The molecule has 2 heterocycles. The molecule has 110 valence electrons. The van der Waals surface area contributed by atoms with Crippen molar-refractivity contribution in [2.45, 2.75) is 32.1 Å². The maximum Gasteiger partial charge on any atom is 0.00107 e. The van der Waals surface area contributed by atoms with Crippen LogP contribution in [-0.2, 0) is 0 Å². The highest BCUT2D eigenvalue weighted by atomic mass is 35.5. The normalized spacial score (nSPS) is 26.2. The summed E-state index contributed by atoms with van der Waals surface area (Å²) in [5, 5.41) is 3.45. The first-order valence-electron chi connectivity index (χ1n) is 7.01. The highest BCUT2D eigenvalue weighted by Gasteiger charge is 2.22. The Morgan fingerprint density at radius 2 is 1.78 bits per heavy atom. The molecule has 5 heteroatoms. The third-order valence-corrected chi connectivity index (χ3v) is 4.15. The van der Waals surface area contributed by atoms with Gasteiger partial charge < -0.3 is 16.0 Å². The summed E-state index contributed by atoms with van der Waals surface area (Å²) in [4.78, 5) is 2.69. The molecule has 0 aromatic carbocycles. The fourth-order valence-electron chi connectivity index (χ4n) is 3.22. The van der Waals surface area contributed by atoms with E-state index in [2.05, 4.69) is 10.2 Å². The summed E-state index contributed by atoms with van der Waals surface area (Å²) in [6.07, 6.45) is 6.76. The van der Waals surface area contributed by atoms with Crippen molar-refractivity contribution in [3.8, 4) is 0 Å². The average molecular weight is 298 g/mol. The molecule has 0 saturated carbocycles. The Labute approximate surface area is 124 Å². The Kier molecular flexibility index (Phi) is 10.5. The van der Waals surface area contributed by atoms with Crippen LogP contribution >= 0.6 is 24.8 Å². The third-order valence-electron chi connectivity index (χ3n) is 4.15. The van der Waals surface area contributed by atoms with Crippen molar-refractivity contribution in [2.75, 3.05) is 39.3 Å². The molecule has 0 bridgehead atoms. The minimum atomic E-state index is 0. The average Bonchev–Trinajstić information content (AvgIpc) is 2.31. The van der Waals surface area contributed by atoms with Gasteiger partial charge in [0.2, 0.25) is 0 Å². The highest BCUT2D eigenvalue weighted by Crippen LogP contribution is 2.22. The number of piperidine rings is 2. The van der Waals surface area contributed by atoms with Gasteiger partial charge in [0.05, 0.1) is 0 Å². The minimum absolute atomic E-state index is 0. The molecule has 2 aliphatic rings. The van der Waals surface area contributed by atoms with Crippen LogP contribution in [0.3, 0.4) is 0 Å². The Hall–Kier alpha value is 0.460. The zero-order chi connectivity index (χ0) is 11.2. The number of nitrogens with one attached hydrogen (secondary N) is 1. The second-order valence-corrected chi connectivity index (χ2v) is 5.54. The third kappa shape index (κ3) is 6.07. The van der Waals surface area contributed by atoms with Gasteiger partial charge in [0.1, 0.15) is 0 Å². The van der Waals surface area contributed by atoms with E-state index in [0.29, 0.717) is 0 Å². The largest absolute Gasteiger partial charge is 0.330 e. The van der Waals surface area contributed by atoms with Gasteiger partial charge in [0, 0.05) is 13.1 Å². The lowest BCUT2D eigenvalue weighted by atomic mass is 9.92. The number of nitrogens with two attached hydrogens (primary N) is 1. The molecule has 3 nitrogen and oxygen atoms in total. The smallest absolute Gasteiger partial charge is 0.00107 e. The molecule has 3 N–H and O–H groups in total. The van der Waals surface area contributed by atoms with Gasteiger partial charge in [-0.05, 0) is 70.1 Å². The summed E-state index contributed by atoms with van der Waals surface area (Å²) < 4.78 is 0. The maximum atomic E-state index is 5.66. The number of nitrogens with zero attached hydrogens (tertiary/aromatic N) is 1. The molecule has 1 atom stereocenters. The Morgan fingerprint density at radius 1 is 1.06 bits per heavy atom. The predicted octanol–water partition coefficient (Wildman–Crippen LogP) is 1.89. The van der Waals surface area contributed by atoms with Gasteiger partial charge in [-0.25, -0.2) is 0 Å². The predicted molar refractivity (Wildman–Crippen MR) is 82.9 cm³/mol. The second kappa shape index (κ2) is 10.3. The van der Waals surface area contributed by atoms with Crippen LogP contribution in [-0.4, -0.2) is 44.2 Å². The van der Waals surface area contributed by atoms with Gasteiger partial charge in [0.15, 0.2) is 0 Å². The molecule has 0 aliphatic carbocycles. The van der Waals surface area contributed by atoms with E-state index < -0.39 is 0 Å². The van der Waals surface area contributed by atoms with Crippen molar-refractivity contribution < 1.29 is 0 Å². The molecule has 0 spiro atoms. The van der Waals surface area contributed by atoms with E-state index in [4.69, 9.17) is 5.73 Å². The summed E-state index contributed by atoms with van der Waals surface area (Å²) in [6, 6.07) is 0. The van der Waals surface area contributed by atoms with Gasteiger partial charge >= 0.3 is 0 Å². The summed E-state index contributed by atoms with van der Waals surface area (Å²) in [5.74, 6) is 1.82. The molecular formula is C13H29Cl2N3. The quantitative estimate of drug-likeness (QED) is 0.833. The maximum absolute atomic E-state index is 5.66. The van der Waals surface area contributed by atoms with Gasteiger partial charge in [-0.3, -0.25) is 0 Å². The second-order valence-electron chi connectivity index (χ2n) is 5.54. The topological polar surface area (TPSA) is 41.3 Å². The molecule has 0 amide bonds. The lowest BCUT2D eigenvalue weighted by Crippen LogP contribution is -2.41. The van der Waals surface area contributed by atoms with E-state index in [0.717, 1.165) is 18.4 Å². The molecule has 0 aromatic rings. The number of hydrogen-bond donors (Lipinski definition) is 2. The molecule has 1 unspecified atom stereocenters. The van der Waals surface area contributed by atoms with Crippen LogP contribution < -0.4 is 11.1 Å². The standard InChI is InChI=1S/C13H27N3.2ClH/c14-6-3-12-2-1-9-16(10-12)11-13-4-7-15-8-5-13;;/h12-13,15H,1-11,14H2;2*1H. The van der Waals surface area contributed by atoms with E-state index in [-0.39, 0.29) is 24.8 Å². The van der Waals surface area contributed by atoms with Crippen LogP contribution in [0.1, 0.15) is 32.1 Å². The monoisotopic (exact) mass is 297 g/mol. The molecule has 0 radical (unpaired) electrons. The number of halogens is 2. The first-order valence-corrected chi connectivity index (χ1v) is 7.01. The molecule has 2 saturated heterocycles. The van der Waals surface area contributed by atoms with E-state index >= 15 is 0 Å². The van der Waals surface area contributed by atoms with E-state index in [1.807, 2.05) is 0 Å². The Balaban J connectivity index is 0.00000144. The SMILES string of the molecule is Cl.Cl.NCCC1CCCN(CC2CCNCC2)C1. The molecule has 18 heavy (non-hydrogen) atoms. The molecule has 0 aromatic heterocycles. The van der Waals surface area contributed by atoms with Gasteiger partial charge in [-0.2, -0.15) is 0 Å². The lowest BCUT2D eigenvalue weighted by Gasteiger charge is -2.36. The van der Waals surface area contributed by atoms with Crippen molar-refractivity contribution in [3.63, 3.8) is 0 Å². The van der Waals surface area contributed by atoms with Crippen LogP contribution in [0.15, 0.2) is 0 Å². The van der Waals surface area contributed by atoms with Crippen LogP contribution in [0.4, 0.5) is 0 Å². The summed E-state index contributed by atoms with van der Waals surface area (Å²) in [7, 11) is 0. The van der Waals surface area contributed by atoms with Crippen LogP contribution in [0.2, 0.25) is 0 Å². The Bertz CT molecular complexity index is 197. The molecule has 2 aliphatic heterocycles. The summed E-state index contributed by atoms with van der Waals surface area (Å²) in [5.41, 5.74) is 5.66. The summed E-state index contributed by atoms with van der Waals surface area (Å²) >= 11 is 0. The fourth-order valence-corrected chi connectivity index (χ4v) is 3.22. The van der Waals surface area contributed by atoms with Crippen molar-refractivity contribution >= 4 is 24.8 Å². The van der Waals surface area contributed by atoms with Gasteiger partial charge in [-0.15, -0.1) is 24.8 Å².